The summed E-state index contributed by atoms with van der Waals surface area (Å²) in [5, 5.41) is 0. The molecule has 26 heavy (non-hydrogen) atoms. The van der Waals surface area contributed by atoms with Gasteiger partial charge in [-0.1, -0.05) is 0 Å². The van der Waals surface area contributed by atoms with Crippen LogP contribution in [0.2, 0.25) is 0 Å². The number of fused-ring (bicyclic) bond motifs is 1. The fourth-order valence-electron chi connectivity index (χ4n) is 3.10. The number of ether oxygens (including phenoxy) is 1. The number of anilines is 3. The summed E-state index contributed by atoms with van der Waals surface area (Å²) < 4.78 is 19.9. The number of hydrazine groups is 2. The van der Waals surface area contributed by atoms with Gasteiger partial charge >= 0.3 is 0 Å². The zero-order chi connectivity index (χ0) is 18.1. The Kier molecular flexibility index (Phi) is 4.21. The van der Waals surface area contributed by atoms with Crippen molar-refractivity contribution in [2.75, 3.05) is 29.7 Å². The molecule has 0 spiro atoms. The van der Waals surface area contributed by atoms with Crippen LogP contribution in [0.4, 0.5) is 21.7 Å². The lowest BCUT2D eigenvalue weighted by molar-refractivity contribution is 0.0792. The Morgan fingerprint density at radius 1 is 1.27 bits per heavy atom. The highest BCUT2D eigenvalue weighted by atomic mass is 19.1. The maximum Gasteiger partial charge on any atom is 0.253 e. The number of rotatable bonds is 4. The molecular weight excluding hydrogens is 339 g/mol. The van der Waals surface area contributed by atoms with Crippen molar-refractivity contribution in [3.8, 4) is 5.75 Å². The highest BCUT2D eigenvalue weighted by Gasteiger charge is 2.21. The number of amides is 1. The Bertz CT molecular complexity index is 853. The summed E-state index contributed by atoms with van der Waals surface area (Å²) in [6.07, 6.45) is 2.01. The summed E-state index contributed by atoms with van der Waals surface area (Å²) in [5.41, 5.74) is 15.5. The van der Waals surface area contributed by atoms with Crippen LogP contribution in [0.3, 0.4) is 0 Å². The van der Waals surface area contributed by atoms with Gasteiger partial charge in [0.2, 0.25) is 0 Å². The Morgan fingerprint density at radius 3 is 2.88 bits per heavy atom. The fraction of sp³-hybridized carbons (Fsp3) is 0.294. The SMILES string of the molecule is Nc1cc(OCc2cc(C(=O)N3CCCC3)ccc2F)c2c(n1)NNN2. The van der Waals surface area contributed by atoms with E-state index in [0.717, 1.165) is 25.9 Å². The van der Waals surface area contributed by atoms with E-state index in [1.54, 1.807) is 17.0 Å². The molecule has 9 heteroatoms. The van der Waals surface area contributed by atoms with Gasteiger partial charge in [-0.15, -0.1) is 5.53 Å². The minimum absolute atomic E-state index is 0.0372. The van der Waals surface area contributed by atoms with Gasteiger partial charge in [0.05, 0.1) is 0 Å². The van der Waals surface area contributed by atoms with Crippen molar-refractivity contribution in [1.29, 1.82) is 0 Å². The second-order valence-electron chi connectivity index (χ2n) is 6.24. The smallest absolute Gasteiger partial charge is 0.253 e. The molecular formula is C17H19FN6O2. The first-order valence-electron chi connectivity index (χ1n) is 8.40. The molecule has 1 amide bonds. The molecule has 2 aliphatic heterocycles. The van der Waals surface area contributed by atoms with E-state index < -0.39 is 5.82 Å². The van der Waals surface area contributed by atoms with E-state index in [1.165, 1.54) is 12.1 Å². The summed E-state index contributed by atoms with van der Waals surface area (Å²) in [6, 6.07) is 5.91. The number of nitrogens with one attached hydrogen (secondary N) is 3. The maximum atomic E-state index is 14.2. The number of halogens is 1. The first kappa shape index (κ1) is 16.4. The summed E-state index contributed by atoms with van der Waals surface area (Å²) in [5.74, 6) is 0.702. The van der Waals surface area contributed by atoms with Crippen molar-refractivity contribution in [3.63, 3.8) is 0 Å². The number of carbonyl (C=O) groups is 1. The van der Waals surface area contributed by atoms with Crippen LogP contribution in [-0.2, 0) is 6.61 Å². The molecule has 0 radical (unpaired) electrons. The molecule has 2 aromatic rings. The second-order valence-corrected chi connectivity index (χ2v) is 6.24. The highest BCUT2D eigenvalue weighted by Crippen LogP contribution is 2.35. The van der Waals surface area contributed by atoms with Crippen LogP contribution in [0.5, 0.6) is 5.75 Å². The highest BCUT2D eigenvalue weighted by molar-refractivity contribution is 5.94. The van der Waals surface area contributed by atoms with Crippen LogP contribution in [-0.4, -0.2) is 28.9 Å². The molecule has 0 saturated carbocycles. The van der Waals surface area contributed by atoms with Crippen molar-refractivity contribution in [3.05, 3.63) is 41.2 Å². The topological polar surface area (TPSA) is 105 Å². The fourth-order valence-corrected chi connectivity index (χ4v) is 3.10. The predicted molar refractivity (Wildman–Crippen MR) is 94.9 cm³/mol. The van der Waals surface area contributed by atoms with E-state index in [1.807, 2.05) is 0 Å². The predicted octanol–water partition coefficient (Wildman–Crippen LogP) is 1.87. The standard InChI is InChI=1S/C17H19FN6O2/c18-12-4-3-10(17(25)24-5-1-2-6-24)7-11(12)9-26-13-8-14(19)20-16-15(13)21-23-22-16/h3-4,7-8,21,23H,1-2,5-6,9H2,(H3,19,20,22). The zero-order valence-electron chi connectivity index (χ0n) is 14.0. The van der Waals surface area contributed by atoms with Gasteiger partial charge in [-0.2, -0.15) is 0 Å². The van der Waals surface area contributed by atoms with E-state index in [2.05, 4.69) is 21.4 Å². The van der Waals surface area contributed by atoms with E-state index in [4.69, 9.17) is 10.5 Å². The Morgan fingerprint density at radius 2 is 2.08 bits per heavy atom. The van der Waals surface area contributed by atoms with Crippen molar-refractivity contribution in [1.82, 2.24) is 15.4 Å². The summed E-state index contributed by atoms with van der Waals surface area (Å²) in [6.45, 7) is 1.46. The third-order valence-electron chi connectivity index (χ3n) is 4.44. The molecule has 0 unspecified atom stereocenters. The van der Waals surface area contributed by atoms with Crippen molar-refractivity contribution in [2.24, 2.45) is 0 Å². The Balaban J connectivity index is 1.53. The molecule has 1 fully saturated rings. The van der Waals surface area contributed by atoms with E-state index in [-0.39, 0.29) is 18.3 Å². The van der Waals surface area contributed by atoms with Crippen LogP contribution in [0.25, 0.3) is 0 Å². The normalized spacial score (nSPS) is 15.3. The molecule has 1 aromatic carbocycles. The third kappa shape index (κ3) is 3.08. The van der Waals surface area contributed by atoms with Crippen molar-refractivity contribution < 1.29 is 13.9 Å². The van der Waals surface area contributed by atoms with Gasteiger partial charge in [0.15, 0.2) is 11.6 Å². The molecule has 5 N–H and O–H groups in total. The average molecular weight is 358 g/mol. The van der Waals surface area contributed by atoms with E-state index >= 15 is 0 Å². The van der Waals surface area contributed by atoms with Crippen molar-refractivity contribution >= 4 is 23.2 Å². The summed E-state index contributed by atoms with van der Waals surface area (Å²) in [7, 11) is 0. The van der Waals surface area contributed by atoms with Crippen molar-refractivity contribution in [2.45, 2.75) is 19.4 Å². The largest absolute Gasteiger partial charge is 0.486 e. The summed E-state index contributed by atoms with van der Waals surface area (Å²) in [4.78, 5) is 18.4. The molecule has 4 rings (SSSR count). The minimum Gasteiger partial charge on any atom is -0.486 e. The van der Waals surface area contributed by atoms with Gasteiger partial charge in [-0.05, 0) is 31.0 Å². The molecule has 0 aliphatic carbocycles. The minimum atomic E-state index is -0.425. The number of nitrogen functional groups attached to an aromatic ring is 1. The average Bonchev–Trinajstić information content (AvgIpc) is 3.31. The number of nitrogens with zero attached hydrogens (tertiary/aromatic N) is 2. The molecule has 0 atom stereocenters. The maximum absolute atomic E-state index is 14.2. The first-order chi connectivity index (χ1) is 12.6. The van der Waals surface area contributed by atoms with E-state index in [9.17, 15) is 9.18 Å². The second kappa shape index (κ2) is 6.68. The van der Waals surface area contributed by atoms with Gasteiger partial charge in [0, 0.05) is 30.3 Å². The van der Waals surface area contributed by atoms with Crippen LogP contribution in [0.1, 0.15) is 28.8 Å². The lowest BCUT2D eigenvalue weighted by Crippen LogP contribution is -2.27. The zero-order valence-corrected chi connectivity index (χ0v) is 14.0. The molecule has 8 nitrogen and oxygen atoms in total. The van der Waals surface area contributed by atoms with Gasteiger partial charge in [0.25, 0.3) is 5.91 Å². The molecule has 1 aromatic heterocycles. The van der Waals surface area contributed by atoms with Gasteiger partial charge in [0.1, 0.15) is 23.9 Å². The monoisotopic (exact) mass is 358 g/mol. The molecule has 1 saturated heterocycles. The molecule has 2 aliphatic rings. The third-order valence-corrected chi connectivity index (χ3v) is 4.44. The van der Waals surface area contributed by atoms with E-state index in [0.29, 0.717) is 28.4 Å². The van der Waals surface area contributed by atoms with Crippen LogP contribution in [0.15, 0.2) is 24.3 Å². The van der Waals surface area contributed by atoms with Gasteiger partial charge in [-0.25, -0.2) is 9.37 Å². The number of likely N-dealkylation sites (tertiary alicyclic amines) is 1. The Labute approximate surface area is 149 Å². The number of hydrogen-bond acceptors (Lipinski definition) is 7. The first-order valence-corrected chi connectivity index (χ1v) is 8.40. The quantitative estimate of drug-likeness (QED) is 0.661. The number of aromatic nitrogens is 1. The molecule has 136 valence electrons. The van der Waals surface area contributed by atoms with Gasteiger partial charge in [-0.3, -0.25) is 15.6 Å². The lowest BCUT2D eigenvalue weighted by atomic mass is 10.1. The number of carbonyl (C=O) groups excluding carboxylic acids is 1. The van der Waals surface area contributed by atoms with Crippen LogP contribution < -0.4 is 26.9 Å². The number of pyridine rings is 1. The lowest BCUT2D eigenvalue weighted by Gasteiger charge is -2.16. The molecule has 3 heterocycles. The summed E-state index contributed by atoms with van der Waals surface area (Å²) >= 11 is 0. The molecule has 0 bridgehead atoms. The number of nitrogens with two attached hydrogens (primary N) is 1. The van der Waals surface area contributed by atoms with Crippen LogP contribution >= 0.6 is 0 Å². The van der Waals surface area contributed by atoms with Gasteiger partial charge < -0.3 is 15.4 Å². The van der Waals surface area contributed by atoms with Crippen LogP contribution in [0, 0.1) is 5.82 Å². The number of benzene rings is 1. The Hall–Kier alpha value is -3.07. The number of hydrogen-bond donors (Lipinski definition) is 4.